The highest BCUT2D eigenvalue weighted by Gasteiger charge is 2.12. The number of nitrogens with zero attached hydrogens (tertiary/aromatic N) is 1. The quantitative estimate of drug-likeness (QED) is 0.789. The first-order valence-corrected chi connectivity index (χ1v) is 8.54. The van der Waals surface area contributed by atoms with Crippen LogP contribution in [0, 0.1) is 0 Å². The first-order chi connectivity index (χ1) is 12.6. The zero-order valence-electron chi connectivity index (χ0n) is 15.3. The lowest BCUT2D eigenvalue weighted by Gasteiger charge is -2.18. The number of hydrogen-bond acceptors (Lipinski definition) is 4. The van der Waals surface area contributed by atoms with Crippen molar-refractivity contribution in [2.45, 2.75) is 13.8 Å². The molecule has 0 saturated heterocycles. The Labute approximate surface area is 153 Å². The van der Waals surface area contributed by atoms with Gasteiger partial charge in [-0.05, 0) is 50.2 Å². The van der Waals surface area contributed by atoms with Crippen LogP contribution in [0.5, 0.6) is 11.5 Å². The van der Waals surface area contributed by atoms with E-state index in [1.165, 1.54) is 0 Å². The molecule has 0 aliphatic rings. The van der Waals surface area contributed by atoms with Gasteiger partial charge in [-0.2, -0.15) is 0 Å². The van der Waals surface area contributed by atoms with E-state index in [0.717, 1.165) is 0 Å². The summed E-state index contributed by atoms with van der Waals surface area (Å²) in [5.41, 5.74) is 1.18. The van der Waals surface area contributed by atoms with Crippen molar-refractivity contribution in [3.63, 3.8) is 0 Å². The van der Waals surface area contributed by atoms with Crippen LogP contribution in [-0.4, -0.2) is 43.5 Å². The SMILES string of the molecule is CCN(CC)C(=O)c1ccc(OCC(=O)Nc2ccccc2OC)cc1. The Balaban J connectivity index is 1.91. The highest BCUT2D eigenvalue weighted by Crippen LogP contribution is 2.23. The number of nitrogens with one attached hydrogen (secondary N) is 1. The molecule has 138 valence electrons. The van der Waals surface area contributed by atoms with Crippen LogP contribution >= 0.6 is 0 Å². The van der Waals surface area contributed by atoms with Crippen molar-refractivity contribution in [3.8, 4) is 11.5 Å². The van der Waals surface area contributed by atoms with Crippen LogP contribution < -0.4 is 14.8 Å². The van der Waals surface area contributed by atoms with Gasteiger partial charge in [-0.3, -0.25) is 9.59 Å². The van der Waals surface area contributed by atoms with E-state index in [0.29, 0.717) is 35.8 Å². The number of benzene rings is 2. The van der Waals surface area contributed by atoms with Crippen molar-refractivity contribution in [2.75, 3.05) is 32.1 Å². The zero-order valence-corrected chi connectivity index (χ0v) is 15.3. The maximum atomic E-state index is 12.3. The molecule has 0 heterocycles. The fraction of sp³-hybridized carbons (Fsp3) is 0.300. The van der Waals surface area contributed by atoms with E-state index >= 15 is 0 Å². The molecule has 0 aliphatic carbocycles. The summed E-state index contributed by atoms with van der Waals surface area (Å²) in [5.74, 6) is 0.796. The molecule has 2 aromatic carbocycles. The summed E-state index contributed by atoms with van der Waals surface area (Å²) in [6, 6.07) is 13.9. The molecule has 6 nitrogen and oxygen atoms in total. The molecule has 2 rings (SSSR count). The first kappa shape index (κ1) is 19.3. The van der Waals surface area contributed by atoms with Crippen molar-refractivity contribution < 1.29 is 19.1 Å². The van der Waals surface area contributed by atoms with Gasteiger partial charge in [0.25, 0.3) is 11.8 Å². The van der Waals surface area contributed by atoms with Crippen molar-refractivity contribution in [1.29, 1.82) is 0 Å². The van der Waals surface area contributed by atoms with E-state index in [4.69, 9.17) is 9.47 Å². The summed E-state index contributed by atoms with van der Waals surface area (Å²) in [4.78, 5) is 26.0. The van der Waals surface area contributed by atoms with Crippen molar-refractivity contribution >= 4 is 17.5 Å². The van der Waals surface area contributed by atoms with Crippen molar-refractivity contribution in [3.05, 3.63) is 54.1 Å². The van der Waals surface area contributed by atoms with Crippen LogP contribution in [0.25, 0.3) is 0 Å². The van der Waals surface area contributed by atoms with Crippen molar-refractivity contribution in [1.82, 2.24) is 4.90 Å². The van der Waals surface area contributed by atoms with Gasteiger partial charge in [-0.15, -0.1) is 0 Å². The Kier molecular flexibility index (Phi) is 7.02. The molecule has 26 heavy (non-hydrogen) atoms. The third kappa shape index (κ3) is 4.99. The van der Waals surface area contributed by atoms with Gasteiger partial charge in [-0.25, -0.2) is 0 Å². The average Bonchev–Trinajstić information content (AvgIpc) is 2.68. The fourth-order valence-electron chi connectivity index (χ4n) is 2.47. The summed E-state index contributed by atoms with van der Waals surface area (Å²) in [6.07, 6.45) is 0. The third-order valence-electron chi connectivity index (χ3n) is 3.90. The van der Waals surface area contributed by atoms with Gasteiger partial charge in [0.1, 0.15) is 11.5 Å². The average molecular weight is 356 g/mol. The van der Waals surface area contributed by atoms with Gasteiger partial charge < -0.3 is 19.7 Å². The molecule has 0 unspecified atom stereocenters. The molecule has 0 atom stereocenters. The van der Waals surface area contributed by atoms with E-state index in [1.54, 1.807) is 48.4 Å². The van der Waals surface area contributed by atoms with Crippen LogP contribution in [0.1, 0.15) is 24.2 Å². The molecule has 2 amide bonds. The lowest BCUT2D eigenvalue weighted by Crippen LogP contribution is -2.30. The minimum absolute atomic E-state index is 0.0181. The number of rotatable bonds is 8. The molecule has 1 N–H and O–H groups in total. The summed E-state index contributed by atoms with van der Waals surface area (Å²) in [7, 11) is 1.54. The second kappa shape index (κ2) is 9.46. The second-order valence-electron chi connectivity index (χ2n) is 5.54. The Hall–Kier alpha value is -3.02. The zero-order chi connectivity index (χ0) is 18.9. The number of ether oxygens (including phenoxy) is 2. The largest absolute Gasteiger partial charge is 0.495 e. The van der Waals surface area contributed by atoms with Gasteiger partial charge in [0.15, 0.2) is 6.61 Å². The Bertz CT molecular complexity index is 740. The van der Waals surface area contributed by atoms with E-state index in [1.807, 2.05) is 26.0 Å². The maximum absolute atomic E-state index is 12.3. The second-order valence-corrected chi connectivity index (χ2v) is 5.54. The van der Waals surface area contributed by atoms with Crippen LogP contribution in [0.4, 0.5) is 5.69 Å². The highest BCUT2D eigenvalue weighted by molar-refractivity contribution is 5.94. The smallest absolute Gasteiger partial charge is 0.262 e. The molecule has 0 aliphatic heterocycles. The molecule has 0 radical (unpaired) electrons. The van der Waals surface area contributed by atoms with Gasteiger partial charge in [0.05, 0.1) is 12.8 Å². The number of carbonyl (C=O) groups excluding carboxylic acids is 2. The molecule has 0 aromatic heterocycles. The third-order valence-corrected chi connectivity index (χ3v) is 3.90. The molecular formula is C20H24N2O4. The number of carbonyl (C=O) groups is 2. The lowest BCUT2D eigenvalue weighted by molar-refractivity contribution is -0.118. The normalized spacial score (nSPS) is 10.1. The van der Waals surface area contributed by atoms with E-state index in [9.17, 15) is 9.59 Å². The standard InChI is InChI=1S/C20H24N2O4/c1-4-22(5-2)20(24)15-10-12-16(13-11-15)26-14-19(23)21-17-8-6-7-9-18(17)25-3/h6-13H,4-5,14H2,1-3H3,(H,21,23). The topological polar surface area (TPSA) is 67.9 Å². The number of hydrogen-bond donors (Lipinski definition) is 1. The van der Waals surface area contributed by atoms with Gasteiger partial charge in [-0.1, -0.05) is 12.1 Å². The highest BCUT2D eigenvalue weighted by atomic mass is 16.5. The first-order valence-electron chi connectivity index (χ1n) is 8.54. The predicted molar refractivity (Wildman–Crippen MR) is 101 cm³/mol. The fourth-order valence-corrected chi connectivity index (χ4v) is 2.47. The number of para-hydroxylation sites is 2. The van der Waals surface area contributed by atoms with Gasteiger partial charge >= 0.3 is 0 Å². The van der Waals surface area contributed by atoms with Gasteiger partial charge in [0.2, 0.25) is 0 Å². The van der Waals surface area contributed by atoms with Gasteiger partial charge in [0, 0.05) is 18.7 Å². The van der Waals surface area contributed by atoms with Crippen molar-refractivity contribution in [2.24, 2.45) is 0 Å². The van der Waals surface area contributed by atoms with E-state index in [2.05, 4.69) is 5.32 Å². The number of anilines is 1. The minimum Gasteiger partial charge on any atom is -0.495 e. The molecule has 0 spiro atoms. The molecule has 0 fully saturated rings. The Morgan fingerprint density at radius 3 is 2.27 bits per heavy atom. The van der Waals surface area contributed by atoms with E-state index in [-0.39, 0.29) is 18.4 Å². The van der Waals surface area contributed by atoms with Crippen LogP contribution in [0.2, 0.25) is 0 Å². The monoisotopic (exact) mass is 356 g/mol. The van der Waals surface area contributed by atoms with Crippen LogP contribution in [0.15, 0.2) is 48.5 Å². The Morgan fingerprint density at radius 2 is 1.65 bits per heavy atom. The minimum atomic E-state index is -0.294. The summed E-state index contributed by atoms with van der Waals surface area (Å²) < 4.78 is 10.7. The summed E-state index contributed by atoms with van der Waals surface area (Å²) in [6.45, 7) is 5.08. The molecule has 2 aromatic rings. The molecule has 0 bridgehead atoms. The number of amides is 2. The molecule has 0 saturated carbocycles. The predicted octanol–water partition coefficient (Wildman–Crippen LogP) is 3.19. The maximum Gasteiger partial charge on any atom is 0.262 e. The van der Waals surface area contributed by atoms with Crippen LogP contribution in [-0.2, 0) is 4.79 Å². The summed E-state index contributed by atoms with van der Waals surface area (Å²) >= 11 is 0. The van der Waals surface area contributed by atoms with E-state index < -0.39 is 0 Å². The number of methoxy groups -OCH3 is 1. The summed E-state index contributed by atoms with van der Waals surface area (Å²) in [5, 5.41) is 2.74. The molecular weight excluding hydrogens is 332 g/mol. The lowest BCUT2D eigenvalue weighted by atomic mass is 10.2. The molecule has 6 heteroatoms. The van der Waals surface area contributed by atoms with Crippen LogP contribution in [0.3, 0.4) is 0 Å². The Morgan fingerprint density at radius 1 is 1.00 bits per heavy atom.